The summed E-state index contributed by atoms with van der Waals surface area (Å²) in [7, 11) is 0. The van der Waals surface area contributed by atoms with E-state index in [4.69, 9.17) is 11.5 Å². The van der Waals surface area contributed by atoms with E-state index >= 15 is 0 Å². The maximum atomic E-state index is 9.96. The van der Waals surface area contributed by atoms with Gasteiger partial charge >= 0.3 is 0 Å². The molecule has 25 heavy (non-hydrogen) atoms. The van der Waals surface area contributed by atoms with Crippen molar-refractivity contribution in [1.29, 1.82) is 0 Å². The first-order chi connectivity index (χ1) is 12.0. The Morgan fingerprint density at radius 1 is 1.28 bits per heavy atom. The zero-order valence-corrected chi connectivity index (χ0v) is 15.6. The highest BCUT2D eigenvalue weighted by atomic mass is 16.3. The first-order valence-corrected chi connectivity index (χ1v) is 8.96. The fraction of sp³-hybridized carbons (Fsp3) is 0.400. The second-order valence-electron chi connectivity index (χ2n) is 6.34. The van der Waals surface area contributed by atoms with Crippen LogP contribution in [0, 0.1) is 0 Å². The third-order valence-corrected chi connectivity index (χ3v) is 4.52. The number of benzene rings is 1. The summed E-state index contributed by atoms with van der Waals surface area (Å²) in [4.78, 5) is 5.70. The molecule has 136 valence electrons. The zero-order chi connectivity index (χ0) is 18.6. The minimum absolute atomic E-state index is 0.174. The Bertz CT molecular complexity index is 746. The predicted molar refractivity (Wildman–Crippen MR) is 106 cm³/mol. The molecule has 0 amide bonds. The summed E-state index contributed by atoms with van der Waals surface area (Å²) in [6.07, 6.45) is 2.82. The predicted octanol–water partition coefficient (Wildman–Crippen LogP) is 3.55. The highest BCUT2D eigenvalue weighted by Gasteiger charge is 2.24. The number of anilines is 1. The molecule has 1 aliphatic rings. The normalized spacial score (nSPS) is 14.8. The SMILES string of the molecule is CC.CC(C)N1CCc2[nH]c(N)c(/C=C(\N)c3ccccc3O)c2C1. The lowest BCUT2D eigenvalue weighted by atomic mass is 10.0. The van der Waals surface area contributed by atoms with Gasteiger partial charge in [-0.15, -0.1) is 0 Å². The van der Waals surface area contributed by atoms with E-state index in [2.05, 4.69) is 23.7 Å². The lowest BCUT2D eigenvalue weighted by molar-refractivity contribution is 0.202. The number of nitrogens with one attached hydrogen (secondary N) is 1. The Morgan fingerprint density at radius 3 is 2.60 bits per heavy atom. The van der Waals surface area contributed by atoms with Gasteiger partial charge in [0, 0.05) is 48.1 Å². The Balaban J connectivity index is 0.00000109. The van der Waals surface area contributed by atoms with Gasteiger partial charge in [0.25, 0.3) is 0 Å². The Kier molecular flexibility index (Phi) is 6.15. The number of hydrogen-bond donors (Lipinski definition) is 4. The zero-order valence-electron chi connectivity index (χ0n) is 15.6. The van der Waals surface area contributed by atoms with Crippen molar-refractivity contribution < 1.29 is 5.11 Å². The van der Waals surface area contributed by atoms with Crippen LogP contribution in [0.4, 0.5) is 5.82 Å². The molecule has 1 aromatic heterocycles. The van der Waals surface area contributed by atoms with Crippen molar-refractivity contribution in [3.8, 4) is 5.75 Å². The van der Waals surface area contributed by atoms with Gasteiger partial charge in [-0.1, -0.05) is 26.0 Å². The van der Waals surface area contributed by atoms with E-state index < -0.39 is 0 Å². The molecule has 0 saturated carbocycles. The number of hydrogen-bond acceptors (Lipinski definition) is 4. The summed E-state index contributed by atoms with van der Waals surface area (Å²) in [6.45, 7) is 10.3. The molecule has 0 saturated heterocycles. The fourth-order valence-corrected chi connectivity index (χ4v) is 3.12. The summed E-state index contributed by atoms with van der Waals surface area (Å²) in [5.74, 6) is 0.812. The fourth-order valence-electron chi connectivity index (χ4n) is 3.12. The molecule has 2 aromatic rings. The molecular weight excluding hydrogens is 312 g/mol. The topological polar surface area (TPSA) is 91.3 Å². The standard InChI is InChI=1S/C18H24N4O.C2H6/c1-11(2)22-8-7-16-14(10-22)13(18(20)21-16)9-15(19)12-5-3-4-6-17(12)23;1-2/h3-6,9,11,21,23H,7-8,10,19-20H2,1-2H3;1-2H3/b15-9-;. The second kappa shape index (κ2) is 8.12. The molecule has 0 spiro atoms. The average Bonchev–Trinajstić information content (AvgIpc) is 2.92. The quantitative estimate of drug-likeness (QED) is 0.686. The number of nitrogens with two attached hydrogens (primary N) is 2. The first-order valence-electron chi connectivity index (χ1n) is 8.96. The van der Waals surface area contributed by atoms with Gasteiger partial charge in [0.2, 0.25) is 0 Å². The van der Waals surface area contributed by atoms with Gasteiger partial charge in [-0.05, 0) is 37.6 Å². The molecule has 5 heteroatoms. The molecule has 5 nitrogen and oxygen atoms in total. The van der Waals surface area contributed by atoms with E-state index in [1.807, 2.05) is 26.0 Å². The van der Waals surface area contributed by atoms with E-state index in [1.165, 1.54) is 11.3 Å². The molecule has 0 fully saturated rings. The van der Waals surface area contributed by atoms with Crippen LogP contribution in [-0.4, -0.2) is 27.6 Å². The van der Waals surface area contributed by atoms with Crippen molar-refractivity contribution in [3.63, 3.8) is 0 Å². The number of aromatic amines is 1. The van der Waals surface area contributed by atoms with Crippen molar-refractivity contribution in [1.82, 2.24) is 9.88 Å². The monoisotopic (exact) mass is 342 g/mol. The number of H-pyrrole nitrogens is 1. The van der Waals surface area contributed by atoms with Crippen LogP contribution in [0.25, 0.3) is 11.8 Å². The van der Waals surface area contributed by atoms with Crippen LogP contribution in [0.15, 0.2) is 24.3 Å². The Hall–Kier alpha value is -2.40. The van der Waals surface area contributed by atoms with E-state index in [1.54, 1.807) is 18.2 Å². The van der Waals surface area contributed by atoms with Gasteiger partial charge in [0.15, 0.2) is 0 Å². The molecule has 1 aromatic carbocycles. The number of aromatic nitrogens is 1. The van der Waals surface area contributed by atoms with Gasteiger partial charge in [-0.2, -0.15) is 0 Å². The van der Waals surface area contributed by atoms with Crippen molar-refractivity contribution >= 4 is 17.6 Å². The lowest BCUT2D eigenvalue weighted by Crippen LogP contribution is -2.35. The number of para-hydroxylation sites is 1. The summed E-state index contributed by atoms with van der Waals surface area (Å²) < 4.78 is 0. The van der Waals surface area contributed by atoms with E-state index in [0.717, 1.165) is 25.1 Å². The van der Waals surface area contributed by atoms with E-state index in [9.17, 15) is 5.11 Å². The van der Waals surface area contributed by atoms with Gasteiger partial charge in [-0.3, -0.25) is 4.90 Å². The number of rotatable bonds is 3. The van der Waals surface area contributed by atoms with E-state index in [0.29, 0.717) is 23.1 Å². The average molecular weight is 342 g/mol. The number of phenols is 1. The number of fused-ring (bicyclic) bond motifs is 1. The molecule has 0 bridgehead atoms. The Labute approximate surface area is 150 Å². The number of nitrogens with zero attached hydrogens (tertiary/aromatic N) is 1. The lowest BCUT2D eigenvalue weighted by Gasteiger charge is -2.30. The van der Waals surface area contributed by atoms with Gasteiger partial charge in [0.1, 0.15) is 11.6 Å². The number of phenolic OH excluding ortho intramolecular Hbond substituents is 1. The number of aromatic hydroxyl groups is 1. The third-order valence-electron chi connectivity index (χ3n) is 4.52. The molecule has 3 rings (SSSR count). The minimum Gasteiger partial charge on any atom is -0.507 e. The van der Waals surface area contributed by atoms with Gasteiger partial charge in [-0.25, -0.2) is 0 Å². The van der Waals surface area contributed by atoms with Crippen molar-refractivity contribution in [2.75, 3.05) is 12.3 Å². The molecule has 6 N–H and O–H groups in total. The summed E-state index contributed by atoms with van der Waals surface area (Å²) >= 11 is 0. The molecule has 0 aliphatic carbocycles. The van der Waals surface area contributed by atoms with Crippen molar-refractivity contribution in [2.45, 2.75) is 46.7 Å². The number of nitrogen functional groups attached to an aromatic ring is 1. The van der Waals surface area contributed by atoms with Crippen molar-refractivity contribution in [2.24, 2.45) is 5.73 Å². The maximum Gasteiger partial charge on any atom is 0.124 e. The van der Waals surface area contributed by atoms with Crippen LogP contribution in [0.5, 0.6) is 5.75 Å². The maximum absolute atomic E-state index is 9.96. The highest BCUT2D eigenvalue weighted by Crippen LogP contribution is 2.31. The summed E-state index contributed by atoms with van der Waals surface area (Å²) in [5, 5.41) is 9.96. The molecule has 1 aliphatic heterocycles. The van der Waals surface area contributed by atoms with Crippen LogP contribution >= 0.6 is 0 Å². The highest BCUT2D eigenvalue weighted by molar-refractivity contribution is 5.86. The largest absolute Gasteiger partial charge is 0.507 e. The first kappa shape index (κ1) is 18.9. The summed E-state index contributed by atoms with van der Waals surface area (Å²) in [5.41, 5.74) is 16.8. The third kappa shape index (κ3) is 3.99. The molecule has 0 atom stereocenters. The molecular formula is C20H30N4O. The van der Waals surface area contributed by atoms with E-state index in [-0.39, 0.29) is 5.75 Å². The molecule has 0 radical (unpaired) electrons. The van der Waals surface area contributed by atoms with Crippen molar-refractivity contribution in [3.05, 3.63) is 46.6 Å². The van der Waals surface area contributed by atoms with Crippen LogP contribution in [0.3, 0.4) is 0 Å². The molecule has 0 unspecified atom stereocenters. The Morgan fingerprint density at radius 2 is 1.96 bits per heavy atom. The van der Waals surface area contributed by atoms with Crippen LogP contribution in [0.1, 0.15) is 50.1 Å². The second-order valence-corrected chi connectivity index (χ2v) is 6.34. The smallest absolute Gasteiger partial charge is 0.124 e. The van der Waals surface area contributed by atoms with Gasteiger partial charge in [0.05, 0.1) is 0 Å². The van der Waals surface area contributed by atoms with Crippen LogP contribution in [0.2, 0.25) is 0 Å². The minimum atomic E-state index is 0.174. The van der Waals surface area contributed by atoms with Crippen LogP contribution in [-0.2, 0) is 13.0 Å². The van der Waals surface area contributed by atoms with Crippen LogP contribution < -0.4 is 11.5 Å². The molecule has 2 heterocycles. The van der Waals surface area contributed by atoms with Gasteiger partial charge < -0.3 is 21.6 Å². The summed E-state index contributed by atoms with van der Waals surface area (Å²) in [6, 6.07) is 7.56.